The normalized spacial score (nSPS) is 20.6. The monoisotopic (exact) mass is 314 g/mol. The lowest BCUT2D eigenvalue weighted by Crippen LogP contribution is -2.49. The summed E-state index contributed by atoms with van der Waals surface area (Å²) in [6.07, 6.45) is 2.45. The van der Waals surface area contributed by atoms with E-state index in [0.717, 1.165) is 12.8 Å². The summed E-state index contributed by atoms with van der Waals surface area (Å²) in [4.78, 5) is 0.475. The van der Waals surface area contributed by atoms with Crippen LogP contribution in [0.1, 0.15) is 19.3 Å². The van der Waals surface area contributed by atoms with Crippen LogP contribution < -0.4 is 10.5 Å². The Bertz CT molecular complexity index is 584. The molecule has 0 aliphatic carbocycles. The van der Waals surface area contributed by atoms with Crippen LogP contribution in [0.5, 0.6) is 5.75 Å². The summed E-state index contributed by atoms with van der Waals surface area (Å²) in [7, 11) is -2.03. The third-order valence-electron chi connectivity index (χ3n) is 3.45. The molecule has 0 radical (unpaired) electrons. The zero-order valence-electron chi connectivity index (χ0n) is 11.3. The maximum absolute atomic E-state index is 12.7. The number of nitrogens with zero attached hydrogens (tertiary/aromatic N) is 1. The van der Waals surface area contributed by atoms with Gasteiger partial charge in [0.2, 0.25) is 10.0 Å². The highest BCUT2D eigenvalue weighted by molar-refractivity contribution is 7.89. The summed E-state index contributed by atoms with van der Waals surface area (Å²) in [5, 5.41) is 0. The smallest absolute Gasteiger partial charge is 0.243 e. The Morgan fingerprint density at radius 2 is 2.00 bits per heavy atom. The fourth-order valence-electron chi connectivity index (χ4n) is 2.36. The molecule has 1 aromatic carbocycles. The average Bonchev–Trinajstić information content (AvgIpc) is 2.47. The van der Waals surface area contributed by atoms with Crippen LogP contribution in [-0.2, 0) is 10.0 Å². The predicted octanol–water partition coefficient (Wildman–Crippen LogP) is 1.52. The fraction of sp³-hybridized carbons (Fsp3) is 0.462. The molecule has 2 N–H and O–H groups in total. The predicted molar refractivity (Wildman–Crippen MR) is 81.3 cm³/mol. The number of hydrogen-bond acceptors (Lipinski definition) is 4. The van der Waals surface area contributed by atoms with Gasteiger partial charge in [0.15, 0.2) is 0 Å². The molecule has 0 saturated carbocycles. The molecule has 1 atom stereocenters. The van der Waals surface area contributed by atoms with E-state index in [2.05, 4.69) is 0 Å². The van der Waals surface area contributed by atoms with Crippen molar-refractivity contribution in [2.75, 3.05) is 13.7 Å². The van der Waals surface area contributed by atoms with Crippen molar-refractivity contribution >= 4 is 27.2 Å². The molecule has 0 bridgehead atoms. The van der Waals surface area contributed by atoms with Gasteiger partial charge in [0, 0.05) is 6.54 Å². The maximum Gasteiger partial charge on any atom is 0.243 e. The Morgan fingerprint density at radius 3 is 2.55 bits per heavy atom. The fourth-order valence-corrected chi connectivity index (χ4v) is 4.35. The molecule has 1 heterocycles. The lowest BCUT2D eigenvalue weighted by atomic mass is 10.1. The molecule has 1 aromatic rings. The van der Waals surface area contributed by atoms with E-state index in [4.69, 9.17) is 22.7 Å². The minimum atomic E-state index is -3.57. The van der Waals surface area contributed by atoms with Gasteiger partial charge in [-0.15, -0.1) is 0 Å². The van der Waals surface area contributed by atoms with Crippen molar-refractivity contribution in [1.82, 2.24) is 4.31 Å². The van der Waals surface area contributed by atoms with E-state index in [0.29, 0.717) is 18.7 Å². The van der Waals surface area contributed by atoms with Crippen molar-refractivity contribution < 1.29 is 13.2 Å². The molecule has 0 amide bonds. The SMILES string of the molecule is COc1ccc(S(=O)(=O)N2CCCCC2C(N)=S)cc1. The third-order valence-corrected chi connectivity index (χ3v) is 5.64. The number of thiocarbonyl (C=S) groups is 1. The number of ether oxygens (including phenoxy) is 1. The van der Waals surface area contributed by atoms with Gasteiger partial charge in [0.05, 0.1) is 23.0 Å². The van der Waals surface area contributed by atoms with E-state index in [1.54, 1.807) is 24.3 Å². The van der Waals surface area contributed by atoms with E-state index in [1.807, 2.05) is 0 Å². The molecule has 1 aliphatic heterocycles. The van der Waals surface area contributed by atoms with Crippen molar-refractivity contribution in [3.05, 3.63) is 24.3 Å². The Balaban J connectivity index is 2.34. The summed E-state index contributed by atoms with van der Waals surface area (Å²) in [5.41, 5.74) is 5.68. The van der Waals surface area contributed by atoms with Crippen molar-refractivity contribution in [3.8, 4) is 5.75 Å². The highest BCUT2D eigenvalue weighted by atomic mass is 32.2. The lowest BCUT2D eigenvalue weighted by Gasteiger charge is -2.33. The highest BCUT2D eigenvalue weighted by Gasteiger charge is 2.34. The minimum absolute atomic E-state index is 0.237. The summed E-state index contributed by atoms with van der Waals surface area (Å²) in [6.45, 7) is 0.455. The summed E-state index contributed by atoms with van der Waals surface area (Å²) >= 11 is 5.00. The molecule has 1 unspecified atom stereocenters. The van der Waals surface area contributed by atoms with Crippen LogP contribution in [0.4, 0.5) is 0 Å². The Morgan fingerprint density at radius 1 is 1.35 bits per heavy atom. The Hall–Kier alpha value is -1.18. The van der Waals surface area contributed by atoms with E-state index in [-0.39, 0.29) is 15.9 Å². The number of methoxy groups -OCH3 is 1. The van der Waals surface area contributed by atoms with Crippen LogP contribution in [0.3, 0.4) is 0 Å². The summed E-state index contributed by atoms with van der Waals surface area (Å²) in [5.74, 6) is 0.619. The maximum atomic E-state index is 12.7. The standard InChI is InChI=1S/C13H18N2O3S2/c1-18-10-5-7-11(8-6-10)20(16,17)15-9-3-2-4-12(15)13(14)19/h5-8,12H,2-4,9H2,1H3,(H2,14,19). The minimum Gasteiger partial charge on any atom is -0.497 e. The lowest BCUT2D eigenvalue weighted by molar-refractivity contribution is 0.306. The zero-order chi connectivity index (χ0) is 14.8. The number of rotatable bonds is 4. The van der Waals surface area contributed by atoms with E-state index < -0.39 is 10.0 Å². The molecule has 1 fully saturated rings. The van der Waals surface area contributed by atoms with Crippen LogP contribution in [0.15, 0.2) is 29.2 Å². The van der Waals surface area contributed by atoms with Gasteiger partial charge in [-0.2, -0.15) is 4.31 Å². The number of benzene rings is 1. The molecule has 0 aromatic heterocycles. The first kappa shape index (κ1) is 15.2. The second-order valence-corrected chi connectivity index (χ2v) is 7.07. The van der Waals surface area contributed by atoms with Gasteiger partial charge in [-0.25, -0.2) is 8.42 Å². The molecular formula is C13H18N2O3S2. The van der Waals surface area contributed by atoms with Crippen LogP contribution in [0.2, 0.25) is 0 Å². The topological polar surface area (TPSA) is 72.6 Å². The molecule has 2 rings (SSSR count). The highest BCUT2D eigenvalue weighted by Crippen LogP contribution is 2.26. The Kier molecular flexibility index (Phi) is 4.62. The third kappa shape index (κ3) is 2.94. The molecule has 110 valence electrons. The van der Waals surface area contributed by atoms with Crippen LogP contribution >= 0.6 is 12.2 Å². The van der Waals surface area contributed by atoms with E-state index in [1.165, 1.54) is 11.4 Å². The first-order valence-corrected chi connectivity index (χ1v) is 8.27. The van der Waals surface area contributed by atoms with Crippen molar-refractivity contribution in [1.29, 1.82) is 0 Å². The molecule has 0 spiro atoms. The van der Waals surface area contributed by atoms with Gasteiger partial charge >= 0.3 is 0 Å². The number of piperidine rings is 1. The van der Waals surface area contributed by atoms with Gasteiger partial charge in [0.25, 0.3) is 0 Å². The largest absolute Gasteiger partial charge is 0.497 e. The zero-order valence-corrected chi connectivity index (χ0v) is 12.9. The molecular weight excluding hydrogens is 296 g/mol. The van der Waals surface area contributed by atoms with Crippen molar-refractivity contribution in [3.63, 3.8) is 0 Å². The molecule has 5 nitrogen and oxygen atoms in total. The molecule has 1 saturated heterocycles. The molecule has 1 aliphatic rings. The number of sulfonamides is 1. The number of hydrogen-bond donors (Lipinski definition) is 1. The van der Waals surface area contributed by atoms with Crippen molar-refractivity contribution in [2.45, 2.75) is 30.2 Å². The first-order chi connectivity index (χ1) is 9.46. The van der Waals surface area contributed by atoms with Gasteiger partial charge in [-0.05, 0) is 37.1 Å². The van der Waals surface area contributed by atoms with E-state index in [9.17, 15) is 8.42 Å². The number of nitrogens with two attached hydrogens (primary N) is 1. The van der Waals surface area contributed by atoms with Gasteiger partial charge in [-0.3, -0.25) is 0 Å². The van der Waals surface area contributed by atoms with Crippen LogP contribution in [-0.4, -0.2) is 37.4 Å². The van der Waals surface area contributed by atoms with Crippen LogP contribution in [0, 0.1) is 0 Å². The molecule has 20 heavy (non-hydrogen) atoms. The summed E-state index contributed by atoms with van der Waals surface area (Å²) in [6, 6.07) is 5.96. The van der Waals surface area contributed by atoms with Gasteiger partial charge in [-0.1, -0.05) is 18.6 Å². The van der Waals surface area contributed by atoms with Gasteiger partial charge < -0.3 is 10.5 Å². The second kappa shape index (κ2) is 6.07. The van der Waals surface area contributed by atoms with Crippen LogP contribution in [0.25, 0.3) is 0 Å². The molecule has 7 heteroatoms. The van der Waals surface area contributed by atoms with E-state index >= 15 is 0 Å². The van der Waals surface area contributed by atoms with Gasteiger partial charge in [0.1, 0.15) is 5.75 Å². The summed E-state index contributed by atoms with van der Waals surface area (Å²) < 4.78 is 31.8. The average molecular weight is 314 g/mol. The van der Waals surface area contributed by atoms with Crippen molar-refractivity contribution in [2.24, 2.45) is 5.73 Å². The first-order valence-electron chi connectivity index (χ1n) is 6.42. The second-order valence-electron chi connectivity index (χ2n) is 4.71. The quantitative estimate of drug-likeness (QED) is 0.853. The Labute approximate surface area is 124 Å².